The van der Waals surface area contributed by atoms with Gasteiger partial charge in [-0.05, 0) is 175 Å². The molecule has 3 unspecified atom stereocenters. The van der Waals surface area contributed by atoms with E-state index in [0.29, 0.717) is 44.2 Å². The van der Waals surface area contributed by atoms with Crippen LogP contribution in [0.15, 0.2) is 140 Å². The molecule has 0 bridgehead atoms. The molecule has 6 aromatic rings. The number of ether oxygens (including phenoxy) is 7. The monoisotopic (exact) mass is 1510 g/mol. The van der Waals surface area contributed by atoms with Crippen molar-refractivity contribution in [1.82, 2.24) is 4.57 Å². The minimum absolute atomic E-state index is 0.0128. The molecule has 0 amide bonds. The van der Waals surface area contributed by atoms with Crippen LogP contribution in [0.2, 0.25) is 0 Å². The number of nitrogens with zero attached hydrogens (tertiary/aromatic N) is 1. The average molecular weight is 1510 g/mol. The second-order valence-corrected chi connectivity index (χ2v) is 29.0. The van der Waals surface area contributed by atoms with Crippen LogP contribution < -0.4 is 0 Å². The third kappa shape index (κ3) is 35.3. The molecule has 0 aliphatic heterocycles. The number of benzene rings is 5. The number of rotatable bonds is 32. The number of carboxylic acids is 3. The highest BCUT2D eigenvalue weighted by molar-refractivity contribution is 6.08. The van der Waals surface area contributed by atoms with E-state index >= 15 is 0 Å². The molecule has 598 valence electrons. The lowest BCUT2D eigenvalue weighted by molar-refractivity contribution is -0.159. The van der Waals surface area contributed by atoms with Crippen molar-refractivity contribution in [3.63, 3.8) is 0 Å². The summed E-state index contributed by atoms with van der Waals surface area (Å²) < 4.78 is 36.6. The Morgan fingerprint density at radius 3 is 1.30 bits per heavy atom. The number of aromatic nitrogens is 1. The van der Waals surface area contributed by atoms with Gasteiger partial charge in [0.25, 0.3) is 0 Å². The molecule has 6 rings (SSSR count). The Morgan fingerprint density at radius 1 is 0.472 bits per heavy atom. The number of esters is 7. The van der Waals surface area contributed by atoms with Crippen LogP contribution in [0.4, 0.5) is 0 Å². The number of carbonyl (C=O) groups excluding carboxylic acids is 7. The van der Waals surface area contributed by atoms with E-state index in [2.05, 4.69) is 136 Å². The summed E-state index contributed by atoms with van der Waals surface area (Å²) in [4.78, 5) is 111. The number of hydrogen-bond donors (Lipinski definition) is 4. The van der Waals surface area contributed by atoms with E-state index in [0.717, 1.165) is 12.8 Å². The molecule has 0 saturated carbocycles. The molecule has 0 radical (unpaired) electrons. The van der Waals surface area contributed by atoms with Gasteiger partial charge in [0.05, 0.1) is 51.0 Å². The lowest BCUT2D eigenvalue weighted by Gasteiger charge is -2.21. The number of aromatic carboxylic acids is 1. The smallest absolute Gasteiger partial charge is 0.339 e. The summed E-state index contributed by atoms with van der Waals surface area (Å²) in [6.45, 7) is 44.4. The summed E-state index contributed by atoms with van der Waals surface area (Å²) >= 11 is 0. The van der Waals surface area contributed by atoms with E-state index < -0.39 is 63.6 Å². The van der Waals surface area contributed by atoms with Crippen molar-refractivity contribution in [2.75, 3.05) is 46.2 Å². The zero-order chi connectivity index (χ0) is 82.8. The highest BCUT2D eigenvalue weighted by Gasteiger charge is 2.31. The molecule has 108 heavy (non-hydrogen) atoms. The van der Waals surface area contributed by atoms with Crippen LogP contribution in [0.1, 0.15) is 235 Å². The van der Waals surface area contributed by atoms with E-state index in [1.165, 1.54) is 69.7 Å². The molecule has 5 aromatic carbocycles. The van der Waals surface area contributed by atoms with Gasteiger partial charge in [-0.3, -0.25) is 33.6 Å². The molecule has 3 atom stereocenters. The van der Waals surface area contributed by atoms with Gasteiger partial charge in [0.15, 0.2) is 0 Å². The SMILES string of the molecule is C=C(C)C(=O)OCC(O)COC(=O)C(C)(C)CC.C=CCOC(=O)C(C)(C)CC.CCC(C)(C)C(=O)O.CCC(C)(C)C(=O)OCCOC(=O)CCC(=O)O.CCC(C)(C)C(=O)OCCOC(=O)c1ccccc1C(=O)O.CCC(C)c1ccc2ccccc2c1.CCC(C)n1c2ccccc2c2ccccc21. The third-order valence-electron chi connectivity index (χ3n) is 18.4. The fraction of sp³-hybridized carbons (Fsp3) is 0.512. The lowest BCUT2D eigenvalue weighted by atomic mass is 9.91. The predicted molar refractivity (Wildman–Crippen MR) is 422 cm³/mol. The first-order valence-electron chi connectivity index (χ1n) is 36.8. The number of carboxylic acid groups (broad SMARTS) is 3. The summed E-state index contributed by atoms with van der Waals surface area (Å²) in [6, 6.07) is 39.0. The lowest BCUT2D eigenvalue weighted by Crippen LogP contribution is -2.31. The fourth-order valence-corrected chi connectivity index (χ4v) is 8.29. The second kappa shape index (κ2) is 49.3. The Kier molecular flexibility index (Phi) is 44.9. The molecule has 0 aliphatic carbocycles. The van der Waals surface area contributed by atoms with Crippen LogP contribution in [0.5, 0.6) is 0 Å². The first-order chi connectivity index (χ1) is 50.5. The molecule has 22 heteroatoms. The molecule has 0 spiro atoms. The zero-order valence-electron chi connectivity index (χ0n) is 67.7. The highest BCUT2D eigenvalue weighted by atomic mass is 16.6. The van der Waals surface area contributed by atoms with Crippen molar-refractivity contribution in [3.05, 3.63) is 157 Å². The maximum Gasteiger partial charge on any atom is 0.339 e. The number of aliphatic hydroxyl groups excluding tert-OH is 1. The maximum atomic E-state index is 11.8. The van der Waals surface area contributed by atoms with Gasteiger partial charge >= 0.3 is 59.7 Å². The largest absolute Gasteiger partial charge is 0.481 e. The van der Waals surface area contributed by atoms with E-state index in [1.54, 1.807) is 67.5 Å². The molecule has 1 heterocycles. The Balaban J connectivity index is 0.00000126. The second-order valence-electron chi connectivity index (χ2n) is 29.0. The Bertz CT molecular complexity index is 3800. The van der Waals surface area contributed by atoms with Gasteiger partial charge in [0, 0.05) is 33.4 Å². The number of carbonyl (C=O) groups is 10. The fourth-order valence-electron chi connectivity index (χ4n) is 8.29. The number of aliphatic carboxylic acids is 2. The summed E-state index contributed by atoms with van der Waals surface area (Å²) in [5, 5.41) is 40.7. The van der Waals surface area contributed by atoms with Gasteiger partial charge in [-0.2, -0.15) is 0 Å². The van der Waals surface area contributed by atoms with Crippen molar-refractivity contribution >= 4 is 92.3 Å². The average Bonchev–Trinajstić information content (AvgIpc) is 1.61. The Labute approximate surface area is 639 Å². The van der Waals surface area contributed by atoms with Crippen LogP contribution >= 0.6 is 0 Å². The first kappa shape index (κ1) is 98.3. The maximum absolute atomic E-state index is 11.8. The normalized spacial score (nSPS) is 11.9. The molecule has 0 aliphatic rings. The van der Waals surface area contributed by atoms with Crippen molar-refractivity contribution in [2.45, 2.75) is 214 Å². The molecule has 0 saturated heterocycles. The van der Waals surface area contributed by atoms with Crippen LogP contribution in [0.25, 0.3) is 32.6 Å². The van der Waals surface area contributed by atoms with Gasteiger partial charge in [0.2, 0.25) is 0 Å². The number of hydrogen-bond acceptors (Lipinski definition) is 18. The van der Waals surface area contributed by atoms with Gasteiger partial charge in [-0.15, -0.1) is 0 Å². The van der Waals surface area contributed by atoms with Crippen molar-refractivity contribution in [3.8, 4) is 0 Å². The summed E-state index contributed by atoms with van der Waals surface area (Å²) in [6.07, 6.45) is 5.89. The predicted octanol–water partition coefficient (Wildman–Crippen LogP) is 18.1. The van der Waals surface area contributed by atoms with E-state index in [1.807, 2.05) is 48.5 Å². The van der Waals surface area contributed by atoms with E-state index in [-0.39, 0.29) is 98.5 Å². The van der Waals surface area contributed by atoms with Gasteiger partial charge in [-0.1, -0.05) is 166 Å². The van der Waals surface area contributed by atoms with Crippen LogP contribution in [-0.2, 0) is 71.5 Å². The van der Waals surface area contributed by atoms with Crippen molar-refractivity contribution in [2.24, 2.45) is 27.1 Å². The molecule has 22 nitrogen and oxygen atoms in total. The summed E-state index contributed by atoms with van der Waals surface area (Å²) in [7, 11) is 0. The van der Waals surface area contributed by atoms with Gasteiger partial charge < -0.3 is 58.2 Å². The van der Waals surface area contributed by atoms with E-state index in [9.17, 15) is 53.1 Å². The molecular weight excluding hydrogens is 1380 g/mol. The first-order valence-corrected chi connectivity index (χ1v) is 36.8. The minimum atomic E-state index is -1.20. The van der Waals surface area contributed by atoms with Crippen molar-refractivity contribution in [1.29, 1.82) is 0 Å². The zero-order valence-corrected chi connectivity index (χ0v) is 67.7. The summed E-state index contributed by atoms with van der Waals surface area (Å²) in [5.74, 6) is -5.49. The Hall–Kier alpha value is -9.70. The quantitative estimate of drug-likeness (QED) is 0.0100. The van der Waals surface area contributed by atoms with Crippen LogP contribution in [0, 0.1) is 27.1 Å². The van der Waals surface area contributed by atoms with Crippen molar-refractivity contribution < 1.29 is 102 Å². The minimum Gasteiger partial charge on any atom is -0.481 e. The summed E-state index contributed by atoms with van der Waals surface area (Å²) in [5.41, 5.74) is 1.64. The van der Waals surface area contributed by atoms with Crippen LogP contribution in [-0.4, -0.2) is 137 Å². The topological polar surface area (TPSA) is 321 Å². The number of para-hydroxylation sites is 2. The van der Waals surface area contributed by atoms with E-state index in [4.69, 9.17) is 48.5 Å². The Morgan fingerprint density at radius 2 is 0.880 bits per heavy atom. The molecule has 0 fully saturated rings. The third-order valence-corrected chi connectivity index (χ3v) is 18.4. The molecule has 1 aromatic heterocycles. The number of fused-ring (bicyclic) bond motifs is 4. The standard InChI is InChI=1S/C16H17N.C16H20O6.C14H16.C13H22O5.C12H20O6.C9H16O2.C6H12O2/c1-3-12(2)17-15-10-6-4-8-13(15)14-9-5-7-11-16(14)17;1-4-16(2,3)15(20)22-10-9-21-14(19)12-8-6-5-7-11(12)13(17)18;1-3-11(2)13-9-8-12-6-4-5-7-14(12)10-13;1-6-13(4,5)12(16)18-8-10(14)7-17-11(15)9(2)3;1-4-12(2,3)11(16)18-8-7-17-10(15)6-5-9(13)14;1-5-7-11-8(10)9(3,4)6-2;1-4-6(2,3)5(7)8/h4-12H,3H2,1-2H3;5-8H,4,9-10H2,1-3H3,(H,17,18);4-11H,3H2,1-2H3;10,14H,2,6-8H2,1,3-5H3;4-8H2,1-3H3,(H,13,14);5H,1,6-7H2,2-4H3;4H2,1-3H3,(H,7,8). The van der Waals surface area contributed by atoms with Gasteiger partial charge in [-0.25, -0.2) is 14.4 Å². The highest BCUT2D eigenvalue weighted by Crippen LogP contribution is 2.33. The number of aliphatic hydroxyl groups is 1. The molecule has 4 N–H and O–H groups in total. The van der Waals surface area contributed by atoms with Gasteiger partial charge in [0.1, 0.15) is 52.4 Å². The van der Waals surface area contributed by atoms with Crippen LogP contribution in [0.3, 0.4) is 0 Å². The molecular formula is C86H123NO21.